The molecule has 0 saturated heterocycles. The van der Waals surface area contributed by atoms with Crippen LogP contribution in [0.2, 0.25) is 0 Å². The Morgan fingerprint density at radius 1 is 1.15 bits per heavy atom. The van der Waals surface area contributed by atoms with Gasteiger partial charge < -0.3 is 15.6 Å². The maximum Gasteiger partial charge on any atom is 0.312 e. The van der Waals surface area contributed by atoms with E-state index in [-0.39, 0.29) is 6.04 Å². The molecule has 4 heteroatoms. The van der Waals surface area contributed by atoms with Crippen molar-refractivity contribution in [3.63, 3.8) is 0 Å². The SMILES string of the molecule is Cc1cccc2cccc(Oc3ccc4c(c3)C(C(=O)O)C(N)CC4)c12. The Hall–Kier alpha value is -2.85. The van der Waals surface area contributed by atoms with Gasteiger partial charge in [-0.15, -0.1) is 0 Å². The van der Waals surface area contributed by atoms with Crippen LogP contribution in [0.4, 0.5) is 0 Å². The third kappa shape index (κ3) is 2.82. The number of carbonyl (C=O) groups is 1. The standard InChI is InChI=1S/C22H21NO3/c1-13-4-2-5-15-6-3-7-19(20(13)15)26-16-10-8-14-9-11-18(23)21(22(24)25)17(14)12-16/h2-8,10,12,18,21H,9,11,23H2,1H3,(H,24,25). The zero-order valence-corrected chi connectivity index (χ0v) is 14.6. The molecule has 0 bridgehead atoms. The highest BCUT2D eigenvalue weighted by atomic mass is 16.5. The Morgan fingerprint density at radius 3 is 2.69 bits per heavy atom. The number of fused-ring (bicyclic) bond motifs is 2. The van der Waals surface area contributed by atoms with Crippen LogP contribution in [0.25, 0.3) is 10.8 Å². The molecule has 0 fully saturated rings. The Balaban J connectivity index is 1.76. The summed E-state index contributed by atoms with van der Waals surface area (Å²) in [6, 6.07) is 17.4. The second-order valence-corrected chi connectivity index (χ2v) is 6.91. The van der Waals surface area contributed by atoms with E-state index in [0.717, 1.165) is 39.6 Å². The molecule has 0 radical (unpaired) electrons. The maximum atomic E-state index is 11.7. The Labute approximate surface area is 152 Å². The molecule has 0 spiro atoms. The van der Waals surface area contributed by atoms with Crippen molar-refractivity contribution in [2.24, 2.45) is 5.73 Å². The normalized spacial score (nSPS) is 19.2. The van der Waals surface area contributed by atoms with E-state index in [1.165, 1.54) is 0 Å². The lowest BCUT2D eigenvalue weighted by Crippen LogP contribution is -2.37. The van der Waals surface area contributed by atoms with Crippen molar-refractivity contribution in [2.75, 3.05) is 0 Å². The molecule has 132 valence electrons. The summed E-state index contributed by atoms with van der Waals surface area (Å²) in [6.45, 7) is 2.06. The number of nitrogens with two attached hydrogens (primary N) is 1. The zero-order chi connectivity index (χ0) is 18.3. The number of hydrogen-bond acceptors (Lipinski definition) is 3. The highest BCUT2D eigenvalue weighted by Crippen LogP contribution is 2.37. The van der Waals surface area contributed by atoms with E-state index in [9.17, 15) is 9.90 Å². The van der Waals surface area contributed by atoms with Gasteiger partial charge >= 0.3 is 5.97 Å². The predicted molar refractivity (Wildman–Crippen MR) is 102 cm³/mol. The number of benzene rings is 3. The van der Waals surface area contributed by atoms with Crippen molar-refractivity contribution >= 4 is 16.7 Å². The third-order valence-electron chi connectivity index (χ3n) is 5.20. The van der Waals surface area contributed by atoms with Crippen LogP contribution < -0.4 is 10.5 Å². The van der Waals surface area contributed by atoms with Gasteiger partial charge in [-0.25, -0.2) is 0 Å². The van der Waals surface area contributed by atoms with Crippen LogP contribution in [0, 0.1) is 6.92 Å². The van der Waals surface area contributed by atoms with Gasteiger partial charge in [-0.05, 0) is 60.0 Å². The fraction of sp³-hybridized carbons (Fsp3) is 0.227. The topological polar surface area (TPSA) is 72.5 Å². The molecule has 2 unspecified atom stereocenters. The first kappa shape index (κ1) is 16.6. The van der Waals surface area contributed by atoms with Crippen LogP contribution >= 0.6 is 0 Å². The number of aliphatic carboxylic acids is 1. The van der Waals surface area contributed by atoms with Crippen molar-refractivity contribution in [3.05, 3.63) is 71.3 Å². The lowest BCUT2D eigenvalue weighted by atomic mass is 9.79. The Bertz CT molecular complexity index is 991. The van der Waals surface area contributed by atoms with Gasteiger partial charge in [0.05, 0.1) is 5.92 Å². The number of ether oxygens (including phenoxy) is 1. The molecule has 1 aliphatic rings. The fourth-order valence-electron chi connectivity index (χ4n) is 3.89. The number of carboxylic acids is 1. The number of rotatable bonds is 3. The summed E-state index contributed by atoms with van der Waals surface area (Å²) in [6.07, 6.45) is 1.49. The lowest BCUT2D eigenvalue weighted by molar-refractivity contribution is -0.139. The molecular formula is C22H21NO3. The van der Waals surface area contributed by atoms with Gasteiger partial charge in [-0.2, -0.15) is 0 Å². The molecule has 3 aromatic rings. The van der Waals surface area contributed by atoms with E-state index in [1.54, 1.807) is 0 Å². The summed E-state index contributed by atoms with van der Waals surface area (Å²) in [7, 11) is 0. The van der Waals surface area contributed by atoms with Crippen LogP contribution in [0.5, 0.6) is 11.5 Å². The molecule has 4 rings (SSSR count). The molecule has 3 N–H and O–H groups in total. The highest BCUT2D eigenvalue weighted by Gasteiger charge is 2.33. The van der Waals surface area contributed by atoms with Gasteiger partial charge in [0.15, 0.2) is 0 Å². The van der Waals surface area contributed by atoms with Crippen LogP contribution in [0.1, 0.15) is 29.0 Å². The first-order valence-electron chi connectivity index (χ1n) is 8.82. The van der Waals surface area contributed by atoms with Gasteiger partial charge in [0.25, 0.3) is 0 Å². The smallest absolute Gasteiger partial charge is 0.312 e. The summed E-state index contributed by atoms with van der Waals surface area (Å²) >= 11 is 0. The number of hydrogen-bond donors (Lipinski definition) is 2. The summed E-state index contributed by atoms with van der Waals surface area (Å²) in [5, 5.41) is 11.8. The molecule has 2 atom stereocenters. The van der Waals surface area contributed by atoms with E-state index >= 15 is 0 Å². The van der Waals surface area contributed by atoms with E-state index in [1.807, 2.05) is 36.4 Å². The summed E-state index contributed by atoms with van der Waals surface area (Å²) in [5.41, 5.74) is 9.02. The molecule has 0 saturated carbocycles. The van der Waals surface area contributed by atoms with E-state index in [0.29, 0.717) is 12.2 Å². The minimum absolute atomic E-state index is 0.366. The Kier molecular flexibility index (Phi) is 4.13. The van der Waals surface area contributed by atoms with Gasteiger partial charge in [0.2, 0.25) is 0 Å². The van der Waals surface area contributed by atoms with Crippen LogP contribution in [0.15, 0.2) is 54.6 Å². The molecular weight excluding hydrogens is 326 g/mol. The number of aryl methyl sites for hydroxylation is 2. The average Bonchev–Trinajstić information content (AvgIpc) is 2.61. The van der Waals surface area contributed by atoms with Crippen LogP contribution in [0.3, 0.4) is 0 Å². The Morgan fingerprint density at radius 2 is 1.92 bits per heavy atom. The number of carboxylic acid groups (broad SMARTS) is 1. The van der Waals surface area contributed by atoms with E-state index in [4.69, 9.17) is 10.5 Å². The summed E-state index contributed by atoms with van der Waals surface area (Å²) in [4.78, 5) is 11.7. The van der Waals surface area contributed by atoms with Gasteiger partial charge in [0.1, 0.15) is 11.5 Å². The average molecular weight is 347 g/mol. The molecule has 26 heavy (non-hydrogen) atoms. The summed E-state index contributed by atoms with van der Waals surface area (Å²) in [5.74, 6) is -0.152. The molecule has 0 heterocycles. The lowest BCUT2D eigenvalue weighted by Gasteiger charge is -2.28. The summed E-state index contributed by atoms with van der Waals surface area (Å²) < 4.78 is 6.17. The molecule has 0 amide bonds. The first-order chi connectivity index (χ1) is 12.5. The van der Waals surface area contributed by atoms with Crippen LogP contribution in [-0.4, -0.2) is 17.1 Å². The minimum Gasteiger partial charge on any atom is -0.481 e. The molecule has 4 nitrogen and oxygen atoms in total. The third-order valence-corrected chi connectivity index (χ3v) is 5.20. The van der Waals surface area contributed by atoms with Crippen molar-refractivity contribution in [1.29, 1.82) is 0 Å². The fourth-order valence-corrected chi connectivity index (χ4v) is 3.89. The minimum atomic E-state index is -0.878. The van der Waals surface area contributed by atoms with Crippen molar-refractivity contribution in [1.82, 2.24) is 0 Å². The quantitative estimate of drug-likeness (QED) is 0.737. The second kappa shape index (κ2) is 6.46. The van der Waals surface area contributed by atoms with Crippen molar-refractivity contribution in [3.8, 4) is 11.5 Å². The van der Waals surface area contributed by atoms with E-state index < -0.39 is 11.9 Å². The van der Waals surface area contributed by atoms with Crippen molar-refractivity contribution in [2.45, 2.75) is 31.7 Å². The van der Waals surface area contributed by atoms with Crippen molar-refractivity contribution < 1.29 is 14.6 Å². The molecule has 1 aliphatic carbocycles. The van der Waals surface area contributed by atoms with Gasteiger partial charge in [0, 0.05) is 11.4 Å². The molecule has 0 aliphatic heterocycles. The zero-order valence-electron chi connectivity index (χ0n) is 14.6. The molecule has 3 aromatic carbocycles. The maximum absolute atomic E-state index is 11.7. The van der Waals surface area contributed by atoms with Gasteiger partial charge in [-0.1, -0.05) is 36.4 Å². The van der Waals surface area contributed by atoms with Gasteiger partial charge in [-0.3, -0.25) is 4.79 Å². The molecule has 0 aromatic heterocycles. The van der Waals surface area contributed by atoms with Crippen LogP contribution in [-0.2, 0) is 11.2 Å². The second-order valence-electron chi connectivity index (χ2n) is 6.91. The predicted octanol–water partition coefficient (Wildman–Crippen LogP) is 4.38. The largest absolute Gasteiger partial charge is 0.481 e. The first-order valence-corrected chi connectivity index (χ1v) is 8.82. The van der Waals surface area contributed by atoms with E-state index in [2.05, 4.69) is 25.1 Å². The highest BCUT2D eigenvalue weighted by molar-refractivity contribution is 5.91. The monoisotopic (exact) mass is 347 g/mol.